The minimum Gasteiger partial charge on any atom is -0.478 e. The molecule has 2 saturated carbocycles. The van der Waals surface area contributed by atoms with Crippen LogP contribution in [0.2, 0.25) is 0 Å². The molecular weight excluding hydrogens is 460 g/mol. The Morgan fingerprint density at radius 3 is 2.11 bits per heavy atom. The highest BCUT2D eigenvalue weighted by atomic mass is 16.4. The Kier molecular flexibility index (Phi) is 7.93. The van der Waals surface area contributed by atoms with Crippen LogP contribution in [-0.4, -0.2) is 33.3 Å². The van der Waals surface area contributed by atoms with Gasteiger partial charge >= 0.3 is 5.97 Å². The van der Waals surface area contributed by atoms with E-state index in [2.05, 4.69) is 46.4 Å². The number of benzene rings is 1. The zero-order valence-corrected chi connectivity index (χ0v) is 24.0. The summed E-state index contributed by atoms with van der Waals surface area (Å²) in [5.74, 6) is 0.130. The quantitative estimate of drug-likeness (QED) is 0.422. The normalized spacial score (nSPS) is 26.4. The zero-order valence-electron chi connectivity index (χ0n) is 24.0. The summed E-state index contributed by atoms with van der Waals surface area (Å²) in [6.45, 7) is 13.7. The third-order valence-corrected chi connectivity index (χ3v) is 9.24. The average Bonchev–Trinajstić information content (AvgIpc) is 3.11. The van der Waals surface area contributed by atoms with E-state index in [1.807, 2.05) is 12.1 Å². The largest absolute Gasteiger partial charge is 0.478 e. The molecule has 1 N–H and O–H groups in total. The highest BCUT2D eigenvalue weighted by molar-refractivity contribution is 6.41. The second-order valence-corrected chi connectivity index (χ2v) is 14.2. The summed E-state index contributed by atoms with van der Waals surface area (Å²) in [5.41, 5.74) is 2.05. The molecular formula is C32H48N2O3. The molecule has 0 radical (unpaired) electrons. The van der Waals surface area contributed by atoms with Crippen molar-refractivity contribution in [2.45, 2.75) is 124 Å². The first kappa shape index (κ1) is 27.9. The molecule has 1 aliphatic heterocycles. The Morgan fingerprint density at radius 2 is 1.59 bits per heavy atom. The number of carboxylic acids is 1. The maximum atomic E-state index is 14.4. The smallest absolute Gasteiger partial charge is 0.335 e. The Labute approximate surface area is 224 Å². The molecule has 1 aromatic carbocycles. The molecule has 3 aliphatic rings. The first-order chi connectivity index (χ1) is 17.3. The molecule has 0 bridgehead atoms. The number of carboxylic acid groups (broad SMARTS) is 1. The van der Waals surface area contributed by atoms with Gasteiger partial charge in [-0.3, -0.25) is 9.79 Å². The lowest BCUT2D eigenvalue weighted by atomic mass is 9.69. The molecule has 2 aliphatic carbocycles. The molecule has 1 heterocycles. The number of carbonyl (C=O) groups excluding carboxylic acids is 1. The van der Waals surface area contributed by atoms with Gasteiger partial charge in [-0.25, -0.2) is 4.79 Å². The van der Waals surface area contributed by atoms with Crippen LogP contribution in [0.5, 0.6) is 0 Å². The van der Waals surface area contributed by atoms with Gasteiger partial charge in [-0.2, -0.15) is 0 Å². The zero-order chi connectivity index (χ0) is 27.0. The van der Waals surface area contributed by atoms with Gasteiger partial charge in [0, 0.05) is 5.92 Å². The summed E-state index contributed by atoms with van der Waals surface area (Å²) >= 11 is 0. The number of aliphatic imine (C=N–C) groups is 1. The van der Waals surface area contributed by atoms with Crippen molar-refractivity contribution < 1.29 is 14.7 Å². The lowest BCUT2D eigenvalue weighted by molar-refractivity contribution is -0.134. The molecule has 1 aromatic rings. The number of hydrogen-bond acceptors (Lipinski definition) is 3. The van der Waals surface area contributed by atoms with Crippen molar-refractivity contribution in [1.29, 1.82) is 0 Å². The molecule has 2 fully saturated rings. The van der Waals surface area contributed by atoms with Crippen molar-refractivity contribution in [3.8, 4) is 0 Å². The monoisotopic (exact) mass is 508 g/mol. The first-order valence-electron chi connectivity index (χ1n) is 14.6. The van der Waals surface area contributed by atoms with Crippen LogP contribution in [-0.2, 0) is 4.79 Å². The third kappa shape index (κ3) is 6.12. The van der Waals surface area contributed by atoms with Gasteiger partial charge in [-0.15, -0.1) is 0 Å². The standard InChI is InChI=1S/C32H48N2O3/c1-30(2,3)19-18-26(22-12-14-24(15-13-22)29(36)37)34-28(35)27(23-10-8-7-9-11-23)33-32(34)20-16-25(17-21-32)31(4,5)6/h12-15,23,25-26H,7-11,16-21H2,1-6H3,(H,36,37). The van der Waals surface area contributed by atoms with Crippen molar-refractivity contribution in [2.75, 3.05) is 0 Å². The molecule has 1 atom stereocenters. The van der Waals surface area contributed by atoms with E-state index in [1.165, 1.54) is 19.3 Å². The number of nitrogens with zero attached hydrogens (tertiary/aromatic N) is 2. The van der Waals surface area contributed by atoms with Gasteiger partial charge < -0.3 is 10.0 Å². The van der Waals surface area contributed by atoms with E-state index < -0.39 is 11.6 Å². The maximum Gasteiger partial charge on any atom is 0.335 e. The third-order valence-electron chi connectivity index (χ3n) is 9.24. The maximum absolute atomic E-state index is 14.4. The summed E-state index contributed by atoms with van der Waals surface area (Å²) < 4.78 is 0. The van der Waals surface area contributed by atoms with E-state index in [9.17, 15) is 14.7 Å². The van der Waals surface area contributed by atoms with Crippen LogP contribution in [0.4, 0.5) is 0 Å². The van der Waals surface area contributed by atoms with E-state index in [4.69, 9.17) is 4.99 Å². The molecule has 1 spiro atoms. The van der Waals surface area contributed by atoms with Crippen molar-refractivity contribution in [3.05, 3.63) is 35.4 Å². The molecule has 0 saturated heterocycles. The molecule has 4 rings (SSSR count). The van der Waals surface area contributed by atoms with E-state index in [0.29, 0.717) is 5.92 Å². The number of amides is 1. The predicted molar refractivity (Wildman–Crippen MR) is 150 cm³/mol. The molecule has 1 unspecified atom stereocenters. The summed E-state index contributed by atoms with van der Waals surface area (Å²) in [5, 5.41) is 9.46. The van der Waals surface area contributed by atoms with Crippen LogP contribution >= 0.6 is 0 Å². The summed E-state index contributed by atoms with van der Waals surface area (Å²) in [6, 6.07) is 7.13. The average molecular weight is 509 g/mol. The summed E-state index contributed by atoms with van der Waals surface area (Å²) in [6.07, 6.45) is 11.6. The fourth-order valence-corrected chi connectivity index (χ4v) is 6.87. The van der Waals surface area contributed by atoms with Gasteiger partial charge in [0.15, 0.2) is 0 Å². The summed E-state index contributed by atoms with van der Waals surface area (Å²) in [4.78, 5) is 33.5. The van der Waals surface area contributed by atoms with Crippen LogP contribution in [0.3, 0.4) is 0 Å². The highest BCUT2D eigenvalue weighted by Crippen LogP contribution is 2.51. The van der Waals surface area contributed by atoms with E-state index in [1.54, 1.807) is 12.1 Å². The molecule has 5 heteroatoms. The fourth-order valence-electron chi connectivity index (χ4n) is 6.87. The lowest BCUT2D eigenvalue weighted by Gasteiger charge is -2.48. The first-order valence-corrected chi connectivity index (χ1v) is 14.6. The molecule has 5 nitrogen and oxygen atoms in total. The number of carbonyl (C=O) groups is 2. The fraction of sp³-hybridized carbons (Fsp3) is 0.719. The Hall–Kier alpha value is -2.17. The van der Waals surface area contributed by atoms with Crippen molar-refractivity contribution in [1.82, 2.24) is 4.90 Å². The van der Waals surface area contributed by atoms with Crippen LogP contribution in [0.1, 0.15) is 134 Å². The number of aromatic carboxylic acids is 1. The van der Waals surface area contributed by atoms with Gasteiger partial charge in [0.25, 0.3) is 5.91 Å². The van der Waals surface area contributed by atoms with Crippen LogP contribution in [0, 0.1) is 22.7 Å². The lowest BCUT2D eigenvalue weighted by Crippen LogP contribution is -2.51. The second-order valence-electron chi connectivity index (χ2n) is 14.2. The van der Waals surface area contributed by atoms with Crippen molar-refractivity contribution in [2.24, 2.45) is 27.7 Å². The van der Waals surface area contributed by atoms with Crippen molar-refractivity contribution in [3.63, 3.8) is 0 Å². The van der Waals surface area contributed by atoms with Gasteiger partial charge in [0.2, 0.25) is 0 Å². The summed E-state index contributed by atoms with van der Waals surface area (Å²) in [7, 11) is 0. The molecule has 0 aromatic heterocycles. The van der Waals surface area contributed by atoms with Gasteiger partial charge in [0.1, 0.15) is 11.4 Å². The molecule has 1 amide bonds. The predicted octanol–water partition coefficient (Wildman–Crippen LogP) is 8.05. The second kappa shape index (κ2) is 10.5. The van der Waals surface area contributed by atoms with Crippen LogP contribution in [0.25, 0.3) is 0 Å². The van der Waals surface area contributed by atoms with Gasteiger partial charge in [-0.1, -0.05) is 72.9 Å². The molecule has 204 valence electrons. The Morgan fingerprint density at radius 1 is 1.00 bits per heavy atom. The van der Waals surface area contributed by atoms with E-state index >= 15 is 0 Å². The number of hydrogen-bond donors (Lipinski definition) is 1. The van der Waals surface area contributed by atoms with Crippen LogP contribution in [0.15, 0.2) is 29.3 Å². The van der Waals surface area contributed by atoms with E-state index in [-0.39, 0.29) is 34.3 Å². The Balaban J connectivity index is 1.74. The Bertz CT molecular complexity index is 998. The van der Waals surface area contributed by atoms with Gasteiger partial charge in [-0.05, 0) is 85.8 Å². The highest BCUT2D eigenvalue weighted by Gasteiger charge is 2.53. The minimum absolute atomic E-state index is 0.106. The van der Waals surface area contributed by atoms with Crippen molar-refractivity contribution >= 4 is 17.6 Å². The number of rotatable bonds is 6. The minimum atomic E-state index is -0.921. The van der Waals surface area contributed by atoms with E-state index in [0.717, 1.165) is 62.6 Å². The van der Waals surface area contributed by atoms with Crippen LogP contribution < -0.4 is 0 Å². The van der Waals surface area contributed by atoms with Gasteiger partial charge in [0.05, 0.1) is 11.6 Å². The topological polar surface area (TPSA) is 70.0 Å². The SMILES string of the molecule is CC(C)(C)CCC(c1ccc(C(=O)O)cc1)N1C(=O)C(C2CCCCC2)=NC12CCC(C(C)(C)C)CC2. The molecule has 37 heavy (non-hydrogen) atoms.